The van der Waals surface area contributed by atoms with Crippen LogP contribution in [-0.2, 0) is 26.2 Å². The summed E-state index contributed by atoms with van der Waals surface area (Å²) >= 11 is 0. The molecule has 10 nitrogen and oxygen atoms in total. The van der Waals surface area contributed by atoms with Crippen LogP contribution in [0.1, 0.15) is 95.5 Å². The van der Waals surface area contributed by atoms with E-state index in [0.29, 0.717) is 28.3 Å². The molecule has 0 fully saturated rings. The number of aromatic nitrogens is 4. The van der Waals surface area contributed by atoms with Gasteiger partial charge in [-0.2, -0.15) is 0 Å². The van der Waals surface area contributed by atoms with Gasteiger partial charge >= 0.3 is 13.8 Å². The Morgan fingerprint density at radius 3 is 0.959 bits per heavy atom. The van der Waals surface area contributed by atoms with Gasteiger partial charge in [-0.3, -0.25) is 0 Å². The van der Waals surface area contributed by atoms with Crippen LogP contribution in [0.4, 0.5) is 4.79 Å². The Kier molecular flexibility index (Phi) is 10.9. The quantitative estimate of drug-likeness (QED) is 0.0735. The van der Waals surface area contributed by atoms with Crippen LogP contribution in [0.3, 0.4) is 0 Å². The maximum atomic E-state index is 15.4. The Hall–Kier alpha value is -8.03. The Morgan fingerprint density at radius 2 is 0.658 bits per heavy atom. The summed E-state index contributed by atoms with van der Waals surface area (Å²) in [6.07, 6.45) is -0.836. The van der Waals surface area contributed by atoms with Crippen molar-refractivity contribution in [3.05, 3.63) is 274 Å². The van der Waals surface area contributed by atoms with Crippen LogP contribution in [0.5, 0.6) is 23.0 Å². The van der Waals surface area contributed by atoms with Gasteiger partial charge in [-0.1, -0.05) is 97.1 Å². The highest BCUT2D eigenvalue weighted by molar-refractivity contribution is 7.63. The highest BCUT2D eigenvalue weighted by Gasteiger charge is 2.45. The number of nitrogens with one attached hydrogen (secondary N) is 4. The van der Waals surface area contributed by atoms with Gasteiger partial charge in [0.2, 0.25) is 0 Å². The smallest absolute Gasteiger partial charge is 0.413 e. The average molecular weight is 999 g/mol. The fraction of sp³-hybridized carbons (Fsp3) is 0.131. The first kappa shape index (κ1) is 46.1. The van der Waals surface area contributed by atoms with E-state index in [9.17, 15) is 4.79 Å². The zero-order chi connectivity index (χ0) is 50.2. The van der Waals surface area contributed by atoms with Gasteiger partial charge in [-0.15, -0.1) is 9.24 Å². The number of carbonyl (C=O) groups excluding carboxylic acids is 1. The van der Waals surface area contributed by atoms with Crippen molar-refractivity contribution in [3.63, 3.8) is 0 Å². The molecular formula is C61H52N4O6P2. The van der Waals surface area contributed by atoms with E-state index in [1.165, 1.54) is 5.30 Å². The maximum Gasteiger partial charge on any atom is 0.519 e. The second-order valence-corrected chi connectivity index (χ2v) is 22.2. The lowest BCUT2D eigenvalue weighted by molar-refractivity contribution is 0.151. The number of hydrogen-bond donors (Lipinski definition) is 4. The molecule has 5 unspecified atom stereocenters. The predicted molar refractivity (Wildman–Crippen MR) is 289 cm³/mol. The van der Waals surface area contributed by atoms with E-state index in [0.717, 1.165) is 67.8 Å². The van der Waals surface area contributed by atoms with Crippen molar-refractivity contribution >= 4 is 33.6 Å². The minimum absolute atomic E-state index is 0.348. The molecule has 0 radical (unpaired) electrons. The van der Waals surface area contributed by atoms with Gasteiger partial charge in [0.1, 0.15) is 23.0 Å². The maximum absolute atomic E-state index is 15.4. The standard InChI is InChI=1S/C55H45N4O6P.C6H7P/c1-52-34-12-8-16-38(30-34)62-51(60)63-39-17-9-13-35(31-39)53(2,44-23-22-43(52)56-44)46-25-27-48(58-46)55(4)37-15-11-19-41(33-37)65-66(61,42-20-6-5-7-21-42)64-40-18-10-14-36(32-40)54(3,47-26-24-45(52)57-47)49-28-29-50(55)59-49;7-6-4-2-1-3-5-6/h5-33,56-59H,1-4H3;1-5H,7H2. The van der Waals surface area contributed by atoms with Crippen molar-refractivity contribution < 1.29 is 27.9 Å². The molecule has 0 aliphatic carbocycles. The number of benzene rings is 6. The van der Waals surface area contributed by atoms with E-state index in [-0.39, 0.29) is 0 Å². The zero-order valence-corrected chi connectivity index (χ0v) is 42.7. The Bertz CT molecular complexity index is 3570. The van der Waals surface area contributed by atoms with Crippen LogP contribution >= 0.6 is 16.8 Å². The average Bonchev–Trinajstić information content (AvgIpc) is 4.27. The third kappa shape index (κ3) is 7.58. The summed E-state index contributed by atoms with van der Waals surface area (Å²) in [4.78, 5) is 29.4. The van der Waals surface area contributed by atoms with Crippen molar-refractivity contribution in [2.75, 3.05) is 0 Å². The lowest BCUT2D eigenvalue weighted by Gasteiger charge is -2.34. The summed E-state index contributed by atoms with van der Waals surface area (Å²) < 4.78 is 40.4. The van der Waals surface area contributed by atoms with Crippen LogP contribution in [-0.4, -0.2) is 26.1 Å². The molecular weight excluding hydrogens is 947 g/mol. The molecule has 12 heteroatoms. The predicted octanol–water partition coefficient (Wildman–Crippen LogP) is 13.1. The van der Waals surface area contributed by atoms with Crippen LogP contribution in [0.2, 0.25) is 0 Å². The molecule has 4 aromatic heterocycles. The van der Waals surface area contributed by atoms with Gasteiger partial charge in [-0.05, 0) is 164 Å². The van der Waals surface area contributed by atoms with Gasteiger partial charge in [0.05, 0.1) is 27.0 Å². The van der Waals surface area contributed by atoms with Crippen molar-refractivity contribution in [2.45, 2.75) is 49.4 Å². The molecule has 6 aromatic carbocycles. The van der Waals surface area contributed by atoms with Crippen LogP contribution < -0.4 is 29.1 Å². The van der Waals surface area contributed by atoms with Gasteiger partial charge in [-0.25, -0.2) is 9.36 Å². The van der Waals surface area contributed by atoms with Crippen LogP contribution in [0, 0.1) is 0 Å². The third-order valence-electron chi connectivity index (χ3n) is 15.4. The molecule has 73 heavy (non-hydrogen) atoms. The van der Waals surface area contributed by atoms with Gasteiger partial charge in [0.25, 0.3) is 0 Å². The summed E-state index contributed by atoms with van der Waals surface area (Å²) in [5.74, 6) is 1.48. The van der Waals surface area contributed by atoms with Gasteiger partial charge in [0, 0.05) is 45.6 Å². The first-order valence-electron chi connectivity index (χ1n) is 24.2. The normalized spacial score (nSPS) is 23.4. The first-order chi connectivity index (χ1) is 35.3. The molecule has 10 aromatic rings. The van der Waals surface area contributed by atoms with Crippen molar-refractivity contribution in [1.82, 2.24) is 19.9 Å². The van der Waals surface area contributed by atoms with Crippen molar-refractivity contribution in [2.24, 2.45) is 0 Å². The van der Waals surface area contributed by atoms with Gasteiger partial charge in [0.15, 0.2) is 0 Å². The molecule has 20 bridgehead atoms. The fourth-order valence-corrected chi connectivity index (χ4v) is 12.7. The van der Waals surface area contributed by atoms with E-state index in [1.807, 2.05) is 121 Å². The second kappa shape index (κ2) is 17.3. The molecule has 0 spiro atoms. The molecule has 3 aliphatic heterocycles. The van der Waals surface area contributed by atoms with Crippen molar-refractivity contribution in [3.8, 4) is 23.0 Å². The summed E-state index contributed by atoms with van der Waals surface area (Å²) in [7, 11) is -1.42. The molecule has 0 amide bonds. The summed E-state index contributed by atoms with van der Waals surface area (Å²) in [5, 5.41) is 1.67. The number of carbonyl (C=O) groups is 1. The number of hydrogen-bond acceptors (Lipinski definition) is 6. The van der Waals surface area contributed by atoms with E-state index in [1.54, 1.807) is 24.3 Å². The third-order valence-corrected chi connectivity index (χ3v) is 17.6. The molecule has 0 saturated carbocycles. The van der Waals surface area contributed by atoms with Crippen molar-refractivity contribution in [1.29, 1.82) is 0 Å². The van der Waals surface area contributed by atoms with E-state index in [2.05, 4.69) is 118 Å². The summed E-state index contributed by atoms with van der Waals surface area (Å²) in [6, 6.07) is 67.1. The number of ether oxygens (including phenoxy) is 2. The van der Waals surface area contributed by atoms with E-state index < -0.39 is 35.4 Å². The number of fused-ring (bicyclic) bond motifs is 20. The fourth-order valence-electron chi connectivity index (χ4n) is 10.9. The van der Waals surface area contributed by atoms with Crippen LogP contribution in [0.25, 0.3) is 0 Å². The molecule has 13 rings (SSSR count). The minimum Gasteiger partial charge on any atom is -0.413 e. The van der Waals surface area contributed by atoms with Gasteiger partial charge < -0.3 is 38.5 Å². The lowest BCUT2D eigenvalue weighted by Crippen LogP contribution is -2.32. The molecule has 3 aliphatic rings. The highest BCUT2D eigenvalue weighted by Crippen LogP contribution is 2.52. The molecule has 4 N–H and O–H groups in total. The summed E-state index contributed by atoms with van der Waals surface area (Å²) in [5.41, 5.74) is 7.32. The first-order valence-corrected chi connectivity index (χ1v) is 26.4. The van der Waals surface area contributed by atoms with E-state index >= 15 is 4.57 Å². The molecule has 0 saturated heterocycles. The monoisotopic (exact) mass is 998 g/mol. The number of aromatic amines is 4. The summed E-state index contributed by atoms with van der Waals surface area (Å²) in [6.45, 7) is 8.72. The Morgan fingerprint density at radius 1 is 0.370 bits per heavy atom. The lowest BCUT2D eigenvalue weighted by atomic mass is 9.76. The van der Waals surface area contributed by atoms with E-state index in [4.69, 9.17) is 18.5 Å². The minimum atomic E-state index is -4.05. The molecule has 7 heterocycles. The highest BCUT2D eigenvalue weighted by atomic mass is 31.2. The SMILES string of the molecule is CC12c3cccc(c3)OC(=O)Oc3cccc(c3)C(C)(c3ccc1[nH]3)c1ccc([nH]1)C1(C)c3cccc(c3)OP(=O)(c3ccccc3)Oc3cccc(c3)C(C)(c3ccc2[nH]3)c2ccc1[nH]2.Pc1ccccc1. The van der Waals surface area contributed by atoms with Crippen LogP contribution in [0.15, 0.2) is 206 Å². The Balaban J connectivity index is 0.000000718. The molecule has 362 valence electrons. The molecule has 5 atom stereocenters. The number of rotatable bonds is 1. The zero-order valence-electron chi connectivity index (χ0n) is 40.6. The number of H-pyrrole nitrogens is 4. The second-order valence-electron chi connectivity index (χ2n) is 19.6. The topological polar surface area (TPSA) is 134 Å². The largest absolute Gasteiger partial charge is 0.519 e. The Labute approximate surface area is 425 Å².